The van der Waals surface area contributed by atoms with Crippen LogP contribution in [-0.4, -0.2) is 28.6 Å². The Kier molecular flexibility index (Phi) is 6.51. The number of phenols is 1. The molecule has 0 bridgehead atoms. The van der Waals surface area contributed by atoms with Crippen molar-refractivity contribution in [3.05, 3.63) is 64.0 Å². The molecule has 1 heterocycles. The average molecular weight is 440 g/mol. The van der Waals surface area contributed by atoms with Crippen LogP contribution in [0.2, 0.25) is 0 Å². The van der Waals surface area contributed by atoms with Gasteiger partial charge in [0.2, 0.25) is 4.80 Å². The lowest BCUT2D eigenvalue weighted by atomic mass is 9.96. The first-order valence-corrected chi connectivity index (χ1v) is 11.4. The predicted molar refractivity (Wildman–Crippen MR) is 122 cm³/mol. The van der Waals surface area contributed by atoms with E-state index in [4.69, 9.17) is 14.8 Å². The third-order valence-corrected chi connectivity index (χ3v) is 6.37. The molecule has 0 amide bonds. The molecule has 7 heteroatoms. The van der Waals surface area contributed by atoms with Crippen molar-refractivity contribution in [1.82, 2.24) is 4.68 Å². The molecule has 4 rings (SSSR count). The number of halogens is 1. The van der Waals surface area contributed by atoms with Crippen molar-refractivity contribution in [2.75, 3.05) is 7.11 Å². The number of methoxy groups -OCH3 is 1. The van der Waals surface area contributed by atoms with Crippen LogP contribution in [0.5, 0.6) is 11.5 Å². The molecule has 0 aliphatic heterocycles. The maximum atomic E-state index is 13.5. The van der Waals surface area contributed by atoms with Crippen molar-refractivity contribution >= 4 is 17.0 Å². The summed E-state index contributed by atoms with van der Waals surface area (Å²) in [6, 6.07) is 11.8. The zero-order valence-electron chi connectivity index (χ0n) is 17.7. The first-order chi connectivity index (χ1) is 15.0. The molecular formula is C24H26FN3O2S. The maximum absolute atomic E-state index is 13.5. The standard InChI is InChI=1S/C24H26FN3O2S/c1-16(21-13-12-20(30-2)14-23(21)29)27-28-22(17-8-10-18(25)11-9-17)15-31-24(28)26-19-6-4-3-5-7-19/h8-15,19,29H,3-7H2,1-2H3. The molecule has 2 aromatic carbocycles. The maximum Gasteiger partial charge on any atom is 0.206 e. The minimum absolute atomic E-state index is 0.102. The molecule has 3 aromatic rings. The van der Waals surface area contributed by atoms with Gasteiger partial charge in [0, 0.05) is 22.6 Å². The molecule has 0 spiro atoms. The van der Waals surface area contributed by atoms with Crippen molar-refractivity contribution < 1.29 is 14.2 Å². The molecule has 1 saturated carbocycles. The zero-order chi connectivity index (χ0) is 21.8. The van der Waals surface area contributed by atoms with Gasteiger partial charge in [-0.15, -0.1) is 11.3 Å². The lowest BCUT2D eigenvalue weighted by Gasteiger charge is -2.17. The van der Waals surface area contributed by atoms with E-state index in [0.717, 1.165) is 28.9 Å². The highest BCUT2D eigenvalue weighted by Crippen LogP contribution is 2.26. The highest BCUT2D eigenvalue weighted by Gasteiger charge is 2.15. The number of nitrogens with zero attached hydrogens (tertiary/aromatic N) is 3. The molecule has 1 aromatic heterocycles. The summed E-state index contributed by atoms with van der Waals surface area (Å²) in [5, 5.41) is 17.3. The second-order valence-electron chi connectivity index (χ2n) is 7.71. The number of benzene rings is 2. The van der Waals surface area contributed by atoms with E-state index in [1.807, 2.05) is 17.0 Å². The van der Waals surface area contributed by atoms with Gasteiger partial charge in [-0.05, 0) is 56.2 Å². The van der Waals surface area contributed by atoms with Crippen LogP contribution in [0.1, 0.15) is 44.6 Å². The van der Waals surface area contributed by atoms with Gasteiger partial charge in [0.25, 0.3) is 0 Å². The van der Waals surface area contributed by atoms with Crippen LogP contribution >= 0.6 is 11.3 Å². The van der Waals surface area contributed by atoms with Gasteiger partial charge in [-0.2, -0.15) is 5.10 Å². The zero-order valence-corrected chi connectivity index (χ0v) is 18.5. The van der Waals surface area contributed by atoms with Gasteiger partial charge in [-0.1, -0.05) is 19.3 Å². The van der Waals surface area contributed by atoms with E-state index in [1.54, 1.807) is 37.4 Å². The Morgan fingerprint density at radius 1 is 1.13 bits per heavy atom. The third-order valence-electron chi connectivity index (χ3n) is 5.54. The normalized spacial score (nSPS) is 16.0. The van der Waals surface area contributed by atoms with Crippen LogP contribution in [0.25, 0.3) is 11.3 Å². The molecular weight excluding hydrogens is 413 g/mol. The molecule has 0 atom stereocenters. The van der Waals surface area contributed by atoms with Crippen molar-refractivity contribution in [3.63, 3.8) is 0 Å². The number of hydrogen-bond acceptors (Lipinski definition) is 5. The quantitative estimate of drug-likeness (QED) is 0.528. The molecule has 5 nitrogen and oxygen atoms in total. The molecule has 31 heavy (non-hydrogen) atoms. The van der Waals surface area contributed by atoms with Gasteiger partial charge in [-0.25, -0.2) is 9.07 Å². The molecule has 1 fully saturated rings. The Morgan fingerprint density at radius 3 is 2.55 bits per heavy atom. The Balaban J connectivity index is 1.81. The minimum Gasteiger partial charge on any atom is -0.507 e. The smallest absolute Gasteiger partial charge is 0.206 e. The number of phenolic OH excluding ortho intramolecular Hbond substituents is 1. The van der Waals surface area contributed by atoms with E-state index in [0.29, 0.717) is 23.1 Å². The van der Waals surface area contributed by atoms with E-state index in [2.05, 4.69) is 0 Å². The summed E-state index contributed by atoms with van der Waals surface area (Å²) in [5.74, 6) is 0.406. The van der Waals surface area contributed by atoms with E-state index < -0.39 is 0 Å². The number of aromatic hydroxyl groups is 1. The fourth-order valence-electron chi connectivity index (χ4n) is 3.82. The van der Waals surface area contributed by atoms with Crippen molar-refractivity contribution in [3.8, 4) is 22.8 Å². The summed E-state index contributed by atoms with van der Waals surface area (Å²) in [7, 11) is 1.56. The summed E-state index contributed by atoms with van der Waals surface area (Å²) in [6.45, 7) is 1.85. The molecule has 1 N–H and O–H groups in total. The van der Waals surface area contributed by atoms with Gasteiger partial charge >= 0.3 is 0 Å². The monoisotopic (exact) mass is 439 g/mol. The lowest BCUT2D eigenvalue weighted by Crippen LogP contribution is -2.19. The average Bonchev–Trinajstić information content (AvgIpc) is 3.16. The summed E-state index contributed by atoms with van der Waals surface area (Å²) < 4.78 is 20.5. The summed E-state index contributed by atoms with van der Waals surface area (Å²) >= 11 is 1.53. The van der Waals surface area contributed by atoms with Crippen LogP contribution in [-0.2, 0) is 0 Å². The Labute approximate surface area is 185 Å². The number of ether oxygens (including phenoxy) is 1. The highest BCUT2D eigenvalue weighted by molar-refractivity contribution is 7.07. The lowest BCUT2D eigenvalue weighted by molar-refractivity contribution is 0.407. The largest absolute Gasteiger partial charge is 0.507 e. The van der Waals surface area contributed by atoms with Gasteiger partial charge in [0.05, 0.1) is 24.6 Å². The first-order valence-electron chi connectivity index (χ1n) is 10.5. The van der Waals surface area contributed by atoms with E-state index in [9.17, 15) is 9.50 Å². The van der Waals surface area contributed by atoms with Gasteiger partial charge in [-0.3, -0.25) is 4.99 Å². The highest BCUT2D eigenvalue weighted by atomic mass is 32.1. The molecule has 0 radical (unpaired) electrons. The van der Waals surface area contributed by atoms with Gasteiger partial charge in [0.15, 0.2) is 0 Å². The van der Waals surface area contributed by atoms with E-state index >= 15 is 0 Å². The summed E-state index contributed by atoms with van der Waals surface area (Å²) in [4.78, 5) is 5.80. The van der Waals surface area contributed by atoms with Crippen LogP contribution in [0.4, 0.5) is 4.39 Å². The SMILES string of the molecule is COc1ccc(C(C)=Nn2c(-c3ccc(F)cc3)csc2=NC2CCCCC2)c(O)c1. The fourth-order valence-corrected chi connectivity index (χ4v) is 4.72. The number of hydrogen-bond donors (Lipinski definition) is 1. The number of thiazole rings is 1. The summed E-state index contributed by atoms with van der Waals surface area (Å²) in [5.41, 5.74) is 2.96. The minimum atomic E-state index is -0.277. The first kappa shape index (κ1) is 21.3. The van der Waals surface area contributed by atoms with Crippen LogP contribution in [0.3, 0.4) is 0 Å². The molecule has 1 aliphatic carbocycles. The van der Waals surface area contributed by atoms with Crippen molar-refractivity contribution in [2.24, 2.45) is 10.1 Å². The second kappa shape index (κ2) is 9.47. The van der Waals surface area contributed by atoms with Crippen molar-refractivity contribution in [1.29, 1.82) is 0 Å². The third kappa shape index (κ3) is 4.88. The molecule has 1 aliphatic rings. The molecule has 0 unspecified atom stereocenters. The van der Waals surface area contributed by atoms with Crippen LogP contribution < -0.4 is 9.54 Å². The Hall–Kier alpha value is -2.93. The molecule has 0 saturated heterocycles. The van der Waals surface area contributed by atoms with Gasteiger partial charge < -0.3 is 9.84 Å². The second-order valence-corrected chi connectivity index (χ2v) is 8.55. The van der Waals surface area contributed by atoms with Crippen molar-refractivity contribution in [2.45, 2.75) is 45.1 Å². The van der Waals surface area contributed by atoms with Crippen LogP contribution in [0, 0.1) is 5.82 Å². The Morgan fingerprint density at radius 2 is 1.87 bits per heavy atom. The van der Waals surface area contributed by atoms with E-state index in [1.165, 1.54) is 42.7 Å². The summed E-state index contributed by atoms with van der Waals surface area (Å²) in [6.07, 6.45) is 5.85. The predicted octanol–water partition coefficient (Wildman–Crippen LogP) is 5.58. The topological polar surface area (TPSA) is 59.1 Å². The Bertz CT molecular complexity index is 1140. The van der Waals surface area contributed by atoms with Gasteiger partial charge in [0.1, 0.15) is 17.3 Å². The van der Waals surface area contributed by atoms with E-state index in [-0.39, 0.29) is 11.6 Å². The number of aromatic nitrogens is 1. The fraction of sp³-hybridized carbons (Fsp3) is 0.333. The van der Waals surface area contributed by atoms with Crippen LogP contribution in [0.15, 0.2) is 57.9 Å². The number of rotatable bonds is 5. The molecule has 162 valence electrons.